The number of nitrogens with zero attached hydrogens (tertiary/aromatic N) is 2. The molecule has 2 N–H and O–H groups in total. The number of aromatic nitrogens is 2. The Balaban J connectivity index is 2.67. The van der Waals surface area contributed by atoms with Crippen molar-refractivity contribution in [2.24, 2.45) is 7.05 Å². The van der Waals surface area contributed by atoms with Gasteiger partial charge in [0.25, 0.3) is 0 Å². The molecule has 0 spiro atoms. The molecular formula is C7H12N2O2. The van der Waals surface area contributed by atoms with Gasteiger partial charge in [-0.1, -0.05) is 0 Å². The van der Waals surface area contributed by atoms with E-state index in [-0.39, 0.29) is 6.61 Å². The van der Waals surface area contributed by atoms with Crippen LogP contribution in [0.15, 0.2) is 12.3 Å². The average Bonchev–Trinajstić information content (AvgIpc) is 2.36. The van der Waals surface area contributed by atoms with Gasteiger partial charge in [0, 0.05) is 26.3 Å². The van der Waals surface area contributed by atoms with E-state index in [4.69, 9.17) is 5.11 Å². The molecule has 4 heteroatoms. The van der Waals surface area contributed by atoms with Crippen molar-refractivity contribution in [1.82, 2.24) is 9.78 Å². The first kappa shape index (κ1) is 8.23. The fourth-order valence-corrected chi connectivity index (χ4v) is 0.981. The van der Waals surface area contributed by atoms with Crippen LogP contribution in [0.3, 0.4) is 0 Å². The Bertz CT molecular complexity index is 222. The highest BCUT2D eigenvalue weighted by Gasteiger charge is 2.09. The molecule has 11 heavy (non-hydrogen) atoms. The van der Waals surface area contributed by atoms with Crippen molar-refractivity contribution in [2.45, 2.75) is 12.5 Å². The van der Waals surface area contributed by atoms with Gasteiger partial charge >= 0.3 is 0 Å². The second-order valence-electron chi connectivity index (χ2n) is 2.41. The Hall–Kier alpha value is -0.870. The molecule has 0 fully saturated rings. The van der Waals surface area contributed by atoms with Crippen molar-refractivity contribution < 1.29 is 10.2 Å². The van der Waals surface area contributed by atoms with Crippen LogP contribution in [0.2, 0.25) is 0 Å². The third-order valence-corrected chi connectivity index (χ3v) is 1.60. The van der Waals surface area contributed by atoms with Crippen LogP contribution in [0.25, 0.3) is 0 Å². The fourth-order valence-electron chi connectivity index (χ4n) is 0.981. The van der Waals surface area contributed by atoms with Crippen molar-refractivity contribution in [1.29, 1.82) is 0 Å². The quantitative estimate of drug-likeness (QED) is 0.639. The van der Waals surface area contributed by atoms with Gasteiger partial charge in [-0.15, -0.1) is 0 Å². The van der Waals surface area contributed by atoms with Crippen LogP contribution in [-0.4, -0.2) is 26.6 Å². The van der Waals surface area contributed by atoms with E-state index in [2.05, 4.69) is 5.10 Å². The van der Waals surface area contributed by atoms with Crippen LogP contribution in [0.1, 0.15) is 18.2 Å². The Morgan fingerprint density at radius 2 is 2.45 bits per heavy atom. The van der Waals surface area contributed by atoms with Crippen molar-refractivity contribution in [3.8, 4) is 0 Å². The van der Waals surface area contributed by atoms with E-state index in [1.165, 1.54) is 0 Å². The zero-order valence-corrected chi connectivity index (χ0v) is 6.44. The van der Waals surface area contributed by atoms with E-state index >= 15 is 0 Å². The molecule has 0 aliphatic rings. The molecule has 1 rings (SSSR count). The lowest BCUT2D eigenvalue weighted by Crippen LogP contribution is -2.06. The molecule has 62 valence electrons. The van der Waals surface area contributed by atoms with Crippen LogP contribution in [-0.2, 0) is 7.05 Å². The first-order valence-electron chi connectivity index (χ1n) is 3.52. The number of hydrogen-bond acceptors (Lipinski definition) is 3. The van der Waals surface area contributed by atoms with E-state index in [1.54, 1.807) is 24.0 Å². The van der Waals surface area contributed by atoms with Crippen molar-refractivity contribution in [3.05, 3.63) is 18.0 Å². The zero-order valence-electron chi connectivity index (χ0n) is 6.44. The van der Waals surface area contributed by atoms with Crippen LogP contribution in [0.5, 0.6) is 0 Å². The highest BCUT2D eigenvalue weighted by molar-refractivity contribution is 5.03. The maximum Gasteiger partial charge on any atom is 0.0978 e. The summed E-state index contributed by atoms with van der Waals surface area (Å²) in [5, 5.41) is 21.8. The number of rotatable bonds is 3. The Morgan fingerprint density at radius 3 is 2.91 bits per heavy atom. The molecule has 4 nitrogen and oxygen atoms in total. The standard InChI is InChI=1S/C7H12N2O2/c1-9-6(2-4-8-9)7(11)3-5-10/h2,4,7,10-11H,3,5H2,1H3/t7-/m1/s1. The number of hydrogen-bond donors (Lipinski definition) is 2. The van der Waals surface area contributed by atoms with E-state index in [1.807, 2.05) is 0 Å². The van der Waals surface area contributed by atoms with Gasteiger partial charge in [0.05, 0.1) is 11.8 Å². The molecule has 0 aliphatic carbocycles. The molecule has 1 atom stereocenters. The third-order valence-electron chi connectivity index (χ3n) is 1.60. The SMILES string of the molecule is Cn1nccc1[C@H](O)CCO. The first-order chi connectivity index (χ1) is 5.25. The maximum absolute atomic E-state index is 9.37. The predicted octanol–water partition coefficient (Wildman–Crippen LogP) is -0.164. The molecule has 0 radical (unpaired) electrons. The van der Waals surface area contributed by atoms with Gasteiger partial charge in [-0.25, -0.2) is 0 Å². The summed E-state index contributed by atoms with van der Waals surface area (Å²) in [6.07, 6.45) is 1.38. The molecule has 0 saturated carbocycles. The number of aliphatic hydroxyl groups excluding tert-OH is 2. The Morgan fingerprint density at radius 1 is 1.73 bits per heavy atom. The lowest BCUT2D eigenvalue weighted by molar-refractivity contribution is 0.127. The lowest BCUT2D eigenvalue weighted by atomic mass is 10.2. The smallest absolute Gasteiger partial charge is 0.0978 e. The van der Waals surface area contributed by atoms with Gasteiger partial charge in [-0.2, -0.15) is 5.10 Å². The molecule has 1 aromatic heterocycles. The second kappa shape index (κ2) is 3.50. The summed E-state index contributed by atoms with van der Waals surface area (Å²) in [6, 6.07) is 1.74. The molecular weight excluding hydrogens is 144 g/mol. The lowest BCUT2D eigenvalue weighted by Gasteiger charge is -2.07. The highest BCUT2D eigenvalue weighted by Crippen LogP contribution is 2.13. The summed E-state index contributed by atoms with van der Waals surface area (Å²) in [6.45, 7) is -0.00759. The summed E-state index contributed by atoms with van der Waals surface area (Å²) < 4.78 is 1.60. The summed E-state index contributed by atoms with van der Waals surface area (Å²) in [4.78, 5) is 0. The third kappa shape index (κ3) is 1.78. The molecule has 0 amide bonds. The summed E-state index contributed by atoms with van der Waals surface area (Å²) in [7, 11) is 1.76. The summed E-state index contributed by atoms with van der Waals surface area (Å²) >= 11 is 0. The van der Waals surface area contributed by atoms with Gasteiger partial charge in [-0.05, 0) is 6.07 Å². The van der Waals surface area contributed by atoms with Crippen LogP contribution >= 0.6 is 0 Å². The van der Waals surface area contributed by atoms with Gasteiger partial charge in [0.2, 0.25) is 0 Å². The Labute approximate surface area is 65.1 Å². The van der Waals surface area contributed by atoms with Crippen LogP contribution in [0, 0.1) is 0 Å². The molecule has 1 heterocycles. The molecule has 0 unspecified atom stereocenters. The van der Waals surface area contributed by atoms with E-state index < -0.39 is 6.10 Å². The summed E-state index contributed by atoms with van der Waals surface area (Å²) in [5.41, 5.74) is 0.735. The van der Waals surface area contributed by atoms with E-state index in [0.29, 0.717) is 6.42 Å². The Kier molecular flexibility index (Phi) is 2.62. The van der Waals surface area contributed by atoms with Gasteiger partial charge in [-0.3, -0.25) is 4.68 Å². The van der Waals surface area contributed by atoms with Gasteiger partial charge < -0.3 is 10.2 Å². The first-order valence-corrected chi connectivity index (χ1v) is 3.52. The van der Waals surface area contributed by atoms with Crippen molar-refractivity contribution >= 4 is 0 Å². The minimum absolute atomic E-state index is 0.00759. The highest BCUT2D eigenvalue weighted by atomic mass is 16.3. The van der Waals surface area contributed by atoms with Crippen molar-refractivity contribution in [2.75, 3.05) is 6.61 Å². The normalized spacial score (nSPS) is 13.4. The minimum Gasteiger partial charge on any atom is -0.396 e. The molecule has 1 aromatic rings. The minimum atomic E-state index is -0.604. The topological polar surface area (TPSA) is 58.3 Å². The average molecular weight is 156 g/mol. The van der Waals surface area contributed by atoms with Crippen LogP contribution in [0.4, 0.5) is 0 Å². The van der Waals surface area contributed by atoms with Crippen LogP contribution < -0.4 is 0 Å². The molecule has 0 bridgehead atoms. The molecule has 0 aliphatic heterocycles. The number of aryl methyl sites for hydroxylation is 1. The zero-order chi connectivity index (χ0) is 8.27. The van der Waals surface area contributed by atoms with E-state index in [9.17, 15) is 5.11 Å². The fraction of sp³-hybridized carbons (Fsp3) is 0.571. The molecule has 0 saturated heterocycles. The molecule has 0 aromatic carbocycles. The monoisotopic (exact) mass is 156 g/mol. The largest absolute Gasteiger partial charge is 0.396 e. The van der Waals surface area contributed by atoms with Crippen molar-refractivity contribution in [3.63, 3.8) is 0 Å². The van der Waals surface area contributed by atoms with Gasteiger partial charge in [0.1, 0.15) is 0 Å². The second-order valence-corrected chi connectivity index (χ2v) is 2.41. The maximum atomic E-state index is 9.37. The number of aliphatic hydroxyl groups is 2. The summed E-state index contributed by atoms with van der Waals surface area (Å²) in [5.74, 6) is 0. The van der Waals surface area contributed by atoms with Gasteiger partial charge in [0.15, 0.2) is 0 Å². The van der Waals surface area contributed by atoms with E-state index in [0.717, 1.165) is 5.69 Å². The predicted molar refractivity (Wildman–Crippen MR) is 39.9 cm³/mol.